The minimum atomic E-state index is -4.01. The predicted octanol–water partition coefficient (Wildman–Crippen LogP) is 10.1. The van der Waals surface area contributed by atoms with Crippen LogP contribution in [0.15, 0.2) is 133 Å². The van der Waals surface area contributed by atoms with Gasteiger partial charge in [0.2, 0.25) is 23.4 Å². The monoisotopic (exact) mass is 927 g/mol. The molecule has 3 aliphatic heterocycles. The number of hydrogen-bond donors (Lipinski definition) is 2. The number of thioether (sulfide) groups is 1. The van der Waals surface area contributed by atoms with Gasteiger partial charge in [-0.15, -0.1) is 0 Å². The summed E-state index contributed by atoms with van der Waals surface area (Å²) >= 11 is 1.39. The lowest BCUT2D eigenvalue weighted by Gasteiger charge is -2.27. The molecule has 0 aliphatic carbocycles. The van der Waals surface area contributed by atoms with Gasteiger partial charge in [0, 0.05) is 73.4 Å². The molecule has 0 spiro atoms. The van der Waals surface area contributed by atoms with E-state index in [-0.39, 0.29) is 59.1 Å². The third kappa shape index (κ3) is 10.7. The van der Waals surface area contributed by atoms with Crippen LogP contribution in [-0.2, 0) is 35.3 Å². The van der Waals surface area contributed by atoms with Gasteiger partial charge in [0.25, 0.3) is 10.1 Å². The average Bonchev–Trinajstić information content (AvgIpc) is 3.78. The van der Waals surface area contributed by atoms with E-state index >= 15 is 0 Å². The molecule has 3 amide bonds. The Bertz CT molecular complexity index is 2800. The van der Waals surface area contributed by atoms with Crippen LogP contribution < -0.4 is 10.2 Å². The van der Waals surface area contributed by atoms with Gasteiger partial charge in [0.1, 0.15) is 6.54 Å². The van der Waals surface area contributed by atoms with E-state index in [1.165, 1.54) is 60.7 Å². The molecule has 0 radical (unpaired) electrons. The highest BCUT2D eigenvalue weighted by Crippen LogP contribution is 2.51. The Morgan fingerprint density at radius 2 is 1.42 bits per heavy atom. The number of benzene rings is 4. The smallest absolute Gasteiger partial charge is 0.264 e. The molecule has 2 N–H and O–H groups in total. The highest BCUT2D eigenvalue weighted by molar-refractivity contribution is 8.00. The van der Waals surface area contributed by atoms with Crippen molar-refractivity contribution in [2.24, 2.45) is 0 Å². The summed E-state index contributed by atoms with van der Waals surface area (Å²) in [5.74, 6) is -0.643. The molecule has 1 atom stereocenters. The number of allylic oxidation sites excluding steroid dienone is 10. The van der Waals surface area contributed by atoms with Crippen molar-refractivity contribution in [3.63, 3.8) is 0 Å². The molecule has 346 valence electrons. The van der Waals surface area contributed by atoms with Crippen LogP contribution in [0.25, 0.3) is 21.5 Å². The van der Waals surface area contributed by atoms with E-state index in [1.54, 1.807) is 0 Å². The lowest BCUT2D eigenvalue weighted by atomic mass is 9.79. The van der Waals surface area contributed by atoms with Crippen LogP contribution >= 0.6 is 11.8 Å². The van der Waals surface area contributed by atoms with E-state index in [4.69, 9.17) is 0 Å². The second-order valence-electron chi connectivity index (χ2n) is 18.3. The maximum Gasteiger partial charge on any atom is 0.264 e. The van der Waals surface area contributed by atoms with Crippen LogP contribution in [0.1, 0.15) is 83.8 Å². The maximum absolute atomic E-state index is 12.7. The highest BCUT2D eigenvalue weighted by atomic mass is 32.2. The normalized spacial score (nSPS) is 18.8. The number of nitrogens with zero attached hydrogens (tertiary/aromatic N) is 3. The molecule has 4 aromatic carbocycles. The molecule has 66 heavy (non-hydrogen) atoms. The highest BCUT2D eigenvalue weighted by Gasteiger charge is 2.45. The van der Waals surface area contributed by atoms with Crippen molar-refractivity contribution in [3.8, 4) is 0 Å². The van der Waals surface area contributed by atoms with Gasteiger partial charge in [-0.1, -0.05) is 111 Å². The molecule has 7 rings (SSSR count). The van der Waals surface area contributed by atoms with E-state index < -0.39 is 10.1 Å². The third-order valence-corrected chi connectivity index (χ3v) is 14.9. The number of amides is 3. The Balaban J connectivity index is 0.994. The van der Waals surface area contributed by atoms with E-state index in [2.05, 4.69) is 146 Å². The Hall–Kier alpha value is -5.56. The standard InChI is InChI=1S/C54H62N4O6S2/c1-53(2)46(56(43-31-29-39-22-15-17-24-41(39)50(43)53)34-19-11-14-28-48(59)55-33-36-58-49(60)38-45(65-5)52(58)61)26-12-9-7-6-8-10-13-27-47-54(3,4)51-42-25-18-16-23-40(42)30-32-44(51)57(47)35-20-21-37-66(62,63)64/h6-10,12-13,15-18,22-27,29-32,45H,11,14,19-21,28,33-38H2,1-5H3,(H-,55,59,62,63,64)/p+1. The molecule has 3 heterocycles. The molecule has 1 unspecified atom stereocenters. The number of rotatable bonds is 20. The van der Waals surface area contributed by atoms with Crippen LogP contribution in [-0.4, -0.2) is 89.3 Å². The predicted molar refractivity (Wildman–Crippen MR) is 271 cm³/mol. The lowest BCUT2D eigenvalue weighted by Crippen LogP contribution is -2.38. The zero-order chi connectivity index (χ0) is 47.1. The fraction of sp³-hybridized carbons (Fsp3) is 0.370. The van der Waals surface area contributed by atoms with Crippen LogP contribution in [0.5, 0.6) is 0 Å². The van der Waals surface area contributed by atoms with Crippen LogP contribution in [0.3, 0.4) is 0 Å². The molecule has 3 aliphatic rings. The summed E-state index contributed by atoms with van der Waals surface area (Å²) in [5, 5.41) is 7.44. The first-order valence-electron chi connectivity index (χ1n) is 23.1. The molecule has 12 heteroatoms. The summed E-state index contributed by atoms with van der Waals surface area (Å²) in [6.45, 7) is 11.0. The van der Waals surface area contributed by atoms with E-state index in [0.717, 1.165) is 37.2 Å². The Labute approximate surface area is 394 Å². The molecule has 1 fully saturated rings. The van der Waals surface area contributed by atoms with Gasteiger partial charge in [-0.05, 0) is 91.1 Å². The minimum absolute atomic E-state index is 0.0636. The lowest BCUT2D eigenvalue weighted by molar-refractivity contribution is -0.438. The zero-order valence-corrected chi connectivity index (χ0v) is 40.5. The van der Waals surface area contributed by atoms with E-state index in [0.29, 0.717) is 25.8 Å². The minimum Gasteiger partial charge on any atom is -0.354 e. The number of carbonyl (C=O) groups excluding carboxylic acids is 3. The van der Waals surface area contributed by atoms with E-state index in [1.807, 2.05) is 30.6 Å². The van der Waals surface area contributed by atoms with Gasteiger partial charge in [-0.3, -0.25) is 23.8 Å². The van der Waals surface area contributed by atoms with E-state index in [9.17, 15) is 27.4 Å². The summed E-state index contributed by atoms with van der Waals surface area (Å²) in [6.07, 6.45) is 24.7. The van der Waals surface area contributed by atoms with Gasteiger partial charge in [-0.2, -0.15) is 24.8 Å². The second-order valence-corrected chi connectivity index (χ2v) is 20.9. The van der Waals surface area contributed by atoms with Crippen molar-refractivity contribution in [3.05, 3.63) is 144 Å². The SMILES string of the molecule is CSC1CC(=O)N(CCNC(=O)CCCCC[N+]2=C(/C=C/C=C/C=C/C=C/C=C3/N(CCCCS(=O)(=O)O)c4ccc5ccccc5c4C3(C)C)C(C)(C)c3c2ccc2ccccc32)C1=O. The van der Waals surface area contributed by atoms with Crippen molar-refractivity contribution < 1.29 is 31.9 Å². The van der Waals surface area contributed by atoms with Crippen molar-refractivity contribution >= 4 is 78.2 Å². The van der Waals surface area contributed by atoms with Gasteiger partial charge < -0.3 is 10.2 Å². The van der Waals surface area contributed by atoms with Crippen LogP contribution in [0.2, 0.25) is 0 Å². The molecular weight excluding hydrogens is 865 g/mol. The number of hydrogen-bond acceptors (Lipinski definition) is 7. The molecule has 0 saturated carbocycles. The Kier molecular flexibility index (Phi) is 15.4. The second kappa shape index (κ2) is 20.9. The summed E-state index contributed by atoms with van der Waals surface area (Å²) in [4.78, 5) is 40.8. The first-order valence-corrected chi connectivity index (χ1v) is 26.0. The largest absolute Gasteiger partial charge is 0.354 e. The number of fused-ring (bicyclic) bond motifs is 6. The molecule has 1 saturated heterocycles. The van der Waals surface area contributed by atoms with Gasteiger partial charge >= 0.3 is 0 Å². The third-order valence-electron chi connectivity index (χ3n) is 13.1. The Morgan fingerprint density at radius 1 is 0.773 bits per heavy atom. The van der Waals surface area contributed by atoms with Gasteiger partial charge in [-0.25, -0.2) is 0 Å². The fourth-order valence-corrected chi connectivity index (χ4v) is 11.1. The van der Waals surface area contributed by atoms with Crippen molar-refractivity contribution in [2.45, 2.75) is 88.7 Å². The first kappa shape index (κ1) is 48.4. The first-order chi connectivity index (χ1) is 31.6. The summed E-state index contributed by atoms with van der Waals surface area (Å²) in [7, 11) is -4.01. The molecule has 0 aromatic heterocycles. The number of carbonyl (C=O) groups is 3. The van der Waals surface area contributed by atoms with Gasteiger partial charge in [0.05, 0.1) is 16.4 Å². The summed E-state index contributed by atoms with van der Waals surface area (Å²) in [5.41, 5.74) is 6.74. The number of anilines is 1. The fourth-order valence-electron chi connectivity index (χ4n) is 9.92. The quantitative estimate of drug-likeness (QED) is 0.0295. The van der Waals surface area contributed by atoms with Crippen molar-refractivity contribution in [2.75, 3.05) is 43.1 Å². The Morgan fingerprint density at radius 3 is 2.11 bits per heavy atom. The number of unbranched alkanes of at least 4 members (excludes halogenated alkanes) is 3. The van der Waals surface area contributed by atoms with Crippen molar-refractivity contribution in [1.82, 2.24) is 10.2 Å². The summed E-state index contributed by atoms with van der Waals surface area (Å²) < 4.78 is 34.6. The molecule has 0 bridgehead atoms. The maximum atomic E-state index is 12.7. The van der Waals surface area contributed by atoms with Gasteiger partial charge in [0.15, 0.2) is 5.71 Å². The molecule has 4 aromatic rings. The summed E-state index contributed by atoms with van der Waals surface area (Å²) in [6, 6.07) is 25.7. The number of likely N-dealkylation sites (tertiary alicyclic amines) is 1. The topological polar surface area (TPSA) is 127 Å². The van der Waals surface area contributed by atoms with Crippen LogP contribution in [0.4, 0.5) is 11.4 Å². The van der Waals surface area contributed by atoms with Crippen molar-refractivity contribution in [1.29, 1.82) is 0 Å². The zero-order valence-electron chi connectivity index (χ0n) is 38.8. The van der Waals surface area contributed by atoms with Crippen LogP contribution in [0, 0.1) is 0 Å². The number of nitrogens with one attached hydrogen (secondary N) is 1. The number of imide groups is 1. The molecular formula is C54H63N4O6S2+. The average molecular weight is 928 g/mol. The molecule has 10 nitrogen and oxygen atoms in total.